The molecule has 0 saturated carbocycles. The van der Waals surface area contributed by atoms with Crippen LogP contribution >= 0.6 is 0 Å². The van der Waals surface area contributed by atoms with E-state index < -0.39 is 0 Å². The zero-order chi connectivity index (χ0) is 7.56. The third-order valence-corrected chi connectivity index (χ3v) is 1.66. The first kappa shape index (κ1) is 7.32. The number of allylic oxidation sites excluding steroid dienone is 1. The van der Waals surface area contributed by atoms with Gasteiger partial charge in [0.1, 0.15) is 11.7 Å². The van der Waals surface area contributed by atoms with Crippen LogP contribution in [0.2, 0.25) is 0 Å². The Morgan fingerprint density at radius 1 is 1.60 bits per heavy atom. The van der Waals surface area contributed by atoms with Crippen molar-refractivity contribution in [3.63, 3.8) is 0 Å². The van der Waals surface area contributed by atoms with Gasteiger partial charge < -0.3 is 4.74 Å². The molecular weight excluding hydrogens is 128 g/mol. The molecule has 0 amide bonds. The highest BCUT2D eigenvalue weighted by Gasteiger charge is 2.34. The number of cyclic esters (lactones) is 1. The number of rotatable bonds is 2. The maximum absolute atomic E-state index is 10.7. The van der Waals surface area contributed by atoms with Crippen molar-refractivity contribution in [2.24, 2.45) is 5.92 Å². The lowest BCUT2D eigenvalue weighted by Crippen LogP contribution is -2.31. The fourth-order valence-electron chi connectivity index (χ4n) is 1.07. The van der Waals surface area contributed by atoms with E-state index in [2.05, 4.69) is 0 Å². The molecule has 0 bridgehead atoms. The Bertz CT molecular complexity index is 170. The summed E-state index contributed by atoms with van der Waals surface area (Å²) in [7, 11) is 0. The Kier molecular flexibility index (Phi) is 2.10. The van der Waals surface area contributed by atoms with E-state index in [-0.39, 0.29) is 11.9 Å². The van der Waals surface area contributed by atoms with E-state index in [0.29, 0.717) is 0 Å². The molecule has 0 aromatic rings. The van der Waals surface area contributed by atoms with E-state index in [1.165, 1.54) is 0 Å². The summed E-state index contributed by atoms with van der Waals surface area (Å²) in [5.41, 5.74) is 0. The van der Waals surface area contributed by atoms with E-state index in [4.69, 9.17) is 4.74 Å². The molecule has 1 unspecified atom stereocenters. The molecule has 0 aliphatic carbocycles. The highest BCUT2D eigenvalue weighted by Crippen LogP contribution is 2.29. The van der Waals surface area contributed by atoms with Gasteiger partial charge in [-0.25, -0.2) is 0 Å². The number of carbonyl (C=O) groups is 1. The quantitative estimate of drug-likeness (QED) is 0.547. The summed E-state index contributed by atoms with van der Waals surface area (Å²) in [6, 6.07) is 0. The lowest BCUT2D eigenvalue weighted by atomic mass is 9.99. The zero-order valence-corrected chi connectivity index (χ0v) is 6.39. The second kappa shape index (κ2) is 2.86. The smallest absolute Gasteiger partial charge is 0.321 e. The molecule has 2 nitrogen and oxygen atoms in total. The molecule has 0 N–H and O–H groups in total. The number of hydrogen-bond donors (Lipinski definition) is 0. The van der Waals surface area contributed by atoms with Gasteiger partial charge in [0.15, 0.2) is 0 Å². The van der Waals surface area contributed by atoms with E-state index >= 15 is 0 Å². The van der Waals surface area contributed by atoms with Crippen LogP contribution in [0, 0.1) is 5.92 Å². The Hall–Kier alpha value is -0.790. The van der Waals surface area contributed by atoms with Crippen LogP contribution in [0.3, 0.4) is 0 Å². The first-order chi connectivity index (χ1) is 4.79. The normalized spacial score (nSPS) is 28.0. The standard InChI is InChI=1S/C8H12O2/c1-3-5-7-6(4-2)8(9)10-7/h5-6H,3-4H2,1-2H3/b7-5-. The van der Waals surface area contributed by atoms with Gasteiger partial charge in [0.25, 0.3) is 0 Å². The maximum Gasteiger partial charge on any atom is 0.321 e. The van der Waals surface area contributed by atoms with E-state index in [9.17, 15) is 4.79 Å². The van der Waals surface area contributed by atoms with Crippen LogP contribution in [0.4, 0.5) is 0 Å². The van der Waals surface area contributed by atoms with Gasteiger partial charge in [-0.1, -0.05) is 13.8 Å². The summed E-state index contributed by atoms with van der Waals surface area (Å²) in [5.74, 6) is 0.872. The molecule has 1 aliphatic rings. The van der Waals surface area contributed by atoms with Gasteiger partial charge in [-0.05, 0) is 18.9 Å². The monoisotopic (exact) mass is 140 g/mol. The van der Waals surface area contributed by atoms with Crippen molar-refractivity contribution < 1.29 is 9.53 Å². The van der Waals surface area contributed by atoms with Crippen molar-refractivity contribution in [3.05, 3.63) is 11.8 Å². The minimum absolute atomic E-state index is 0.0674. The lowest BCUT2D eigenvalue weighted by molar-refractivity contribution is -0.157. The summed E-state index contributed by atoms with van der Waals surface area (Å²) < 4.78 is 4.81. The molecule has 1 fully saturated rings. The van der Waals surface area contributed by atoms with Crippen molar-refractivity contribution in [2.45, 2.75) is 26.7 Å². The number of carbonyl (C=O) groups excluding carboxylic acids is 1. The van der Waals surface area contributed by atoms with Crippen molar-refractivity contribution in [1.29, 1.82) is 0 Å². The highest BCUT2D eigenvalue weighted by molar-refractivity contribution is 5.82. The van der Waals surface area contributed by atoms with Crippen LogP contribution in [-0.4, -0.2) is 5.97 Å². The Morgan fingerprint density at radius 3 is 2.70 bits per heavy atom. The van der Waals surface area contributed by atoms with Gasteiger partial charge in [0.05, 0.1) is 0 Å². The Morgan fingerprint density at radius 2 is 2.30 bits per heavy atom. The largest absolute Gasteiger partial charge is 0.430 e. The third kappa shape index (κ3) is 1.06. The third-order valence-electron chi connectivity index (χ3n) is 1.66. The first-order valence-corrected chi connectivity index (χ1v) is 3.71. The molecule has 2 heteroatoms. The van der Waals surface area contributed by atoms with Gasteiger partial charge in [-0.3, -0.25) is 4.79 Å². The van der Waals surface area contributed by atoms with Crippen LogP contribution in [0.15, 0.2) is 11.8 Å². The summed E-state index contributed by atoms with van der Waals surface area (Å²) >= 11 is 0. The average Bonchev–Trinajstić information content (AvgIpc) is 1.88. The molecule has 1 saturated heterocycles. The molecular formula is C8H12O2. The number of ether oxygens (including phenoxy) is 1. The fraction of sp³-hybridized carbons (Fsp3) is 0.625. The predicted molar refractivity (Wildman–Crippen MR) is 38.2 cm³/mol. The topological polar surface area (TPSA) is 26.3 Å². The molecule has 1 rings (SSSR count). The van der Waals surface area contributed by atoms with Gasteiger partial charge >= 0.3 is 5.97 Å². The Balaban J connectivity index is 2.53. The first-order valence-electron chi connectivity index (χ1n) is 3.71. The summed E-state index contributed by atoms with van der Waals surface area (Å²) in [4.78, 5) is 10.7. The van der Waals surface area contributed by atoms with Crippen LogP contribution in [0.1, 0.15) is 26.7 Å². The van der Waals surface area contributed by atoms with Crippen molar-refractivity contribution in [3.8, 4) is 0 Å². The minimum atomic E-state index is -0.0674. The molecule has 0 spiro atoms. The molecule has 0 radical (unpaired) electrons. The molecule has 56 valence electrons. The summed E-state index contributed by atoms with van der Waals surface area (Å²) in [5, 5.41) is 0. The summed E-state index contributed by atoms with van der Waals surface area (Å²) in [6.07, 6.45) is 3.78. The number of hydrogen-bond acceptors (Lipinski definition) is 2. The van der Waals surface area contributed by atoms with Crippen molar-refractivity contribution >= 4 is 5.97 Å². The maximum atomic E-state index is 10.7. The zero-order valence-electron chi connectivity index (χ0n) is 6.39. The Labute approximate surface area is 60.9 Å². The second-order valence-electron chi connectivity index (χ2n) is 2.40. The van der Waals surface area contributed by atoms with E-state index in [1.54, 1.807) is 0 Å². The molecule has 10 heavy (non-hydrogen) atoms. The predicted octanol–water partition coefficient (Wildman–Crippen LogP) is 1.86. The van der Waals surface area contributed by atoms with Crippen LogP contribution in [-0.2, 0) is 9.53 Å². The van der Waals surface area contributed by atoms with Crippen molar-refractivity contribution in [1.82, 2.24) is 0 Å². The molecule has 0 aromatic heterocycles. The average molecular weight is 140 g/mol. The molecule has 0 aromatic carbocycles. The highest BCUT2D eigenvalue weighted by atomic mass is 16.6. The van der Waals surface area contributed by atoms with E-state index in [0.717, 1.165) is 18.6 Å². The van der Waals surface area contributed by atoms with Gasteiger partial charge in [0, 0.05) is 0 Å². The van der Waals surface area contributed by atoms with Gasteiger partial charge in [-0.15, -0.1) is 0 Å². The fourth-order valence-corrected chi connectivity index (χ4v) is 1.07. The lowest BCUT2D eigenvalue weighted by Gasteiger charge is -2.26. The van der Waals surface area contributed by atoms with Crippen molar-refractivity contribution in [2.75, 3.05) is 0 Å². The molecule has 1 aliphatic heterocycles. The molecule has 1 heterocycles. The van der Waals surface area contributed by atoms with Crippen LogP contribution < -0.4 is 0 Å². The molecule has 1 atom stereocenters. The SMILES string of the molecule is CC/C=C1\OC(=O)C1CC. The van der Waals surface area contributed by atoms with Crippen LogP contribution in [0.5, 0.6) is 0 Å². The van der Waals surface area contributed by atoms with Gasteiger partial charge in [-0.2, -0.15) is 0 Å². The number of esters is 1. The second-order valence-corrected chi connectivity index (χ2v) is 2.40. The summed E-state index contributed by atoms with van der Waals surface area (Å²) in [6.45, 7) is 4.03. The van der Waals surface area contributed by atoms with Gasteiger partial charge in [0.2, 0.25) is 0 Å². The van der Waals surface area contributed by atoms with E-state index in [1.807, 2.05) is 19.9 Å². The van der Waals surface area contributed by atoms with Crippen LogP contribution in [0.25, 0.3) is 0 Å². The minimum Gasteiger partial charge on any atom is -0.430 e.